The highest BCUT2D eigenvalue weighted by atomic mass is 35.5. The second-order valence-electron chi connectivity index (χ2n) is 4.68. The van der Waals surface area contributed by atoms with E-state index in [1.165, 1.54) is 19.2 Å². The summed E-state index contributed by atoms with van der Waals surface area (Å²) in [6.07, 6.45) is 0.452. The van der Waals surface area contributed by atoms with E-state index in [1.54, 1.807) is 19.2 Å². The molecule has 112 valence electrons. The lowest BCUT2D eigenvalue weighted by molar-refractivity contribution is 0.401. The van der Waals surface area contributed by atoms with Crippen molar-refractivity contribution < 1.29 is 13.5 Å². The van der Waals surface area contributed by atoms with E-state index in [2.05, 4.69) is 5.32 Å². The Morgan fingerprint density at radius 3 is 2.19 bits per heavy atom. The van der Waals surface area contributed by atoms with E-state index in [9.17, 15) is 8.78 Å². The minimum atomic E-state index is -0.625. The molecular formula is C16H16ClF2NO. The summed E-state index contributed by atoms with van der Waals surface area (Å²) < 4.78 is 33.1. The van der Waals surface area contributed by atoms with Crippen LogP contribution in [0.4, 0.5) is 8.78 Å². The van der Waals surface area contributed by atoms with Gasteiger partial charge in [-0.15, -0.1) is 0 Å². The van der Waals surface area contributed by atoms with Crippen LogP contribution < -0.4 is 10.1 Å². The van der Waals surface area contributed by atoms with E-state index in [4.69, 9.17) is 16.3 Å². The second-order valence-corrected chi connectivity index (χ2v) is 5.11. The van der Waals surface area contributed by atoms with Gasteiger partial charge < -0.3 is 10.1 Å². The molecule has 21 heavy (non-hydrogen) atoms. The van der Waals surface area contributed by atoms with Crippen LogP contribution in [0, 0.1) is 11.6 Å². The second kappa shape index (κ2) is 6.87. The molecule has 2 aromatic rings. The molecule has 0 radical (unpaired) electrons. The fourth-order valence-corrected chi connectivity index (χ4v) is 2.34. The van der Waals surface area contributed by atoms with E-state index < -0.39 is 17.7 Å². The van der Waals surface area contributed by atoms with E-state index in [1.807, 2.05) is 12.1 Å². The standard InChI is InChI=1S/C16H16ClF2NO/c1-20-15(7-10-3-5-11(17)6-4-10)16-13(18)8-12(21-2)9-14(16)19/h3-6,8-9,15,20H,7H2,1-2H3. The van der Waals surface area contributed by atoms with Crippen molar-refractivity contribution in [1.29, 1.82) is 0 Å². The Kier molecular flexibility index (Phi) is 5.15. The number of benzene rings is 2. The van der Waals surface area contributed by atoms with Gasteiger partial charge in [-0.05, 0) is 31.2 Å². The quantitative estimate of drug-likeness (QED) is 0.896. The predicted octanol–water partition coefficient (Wildman–Crippen LogP) is 4.13. The van der Waals surface area contributed by atoms with E-state index >= 15 is 0 Å². The number of ether oxygens (including phenoxy) is 1. The summed E-state index contributed by atoms with van der Waals surface area (Å²) in [5.41, 5.74) is 0.946. The van der Waals surface area contributed by atoms with Gasteiger partial charge in [0.2, 0.25) is 0 Å². The van der Waals surface area contributed by atoms with Crippen molar-refractivity contribution in [1.82, 2.24) is 5.32 Å². The summed E-state index contributed by atoms with van der Waals surface area (Å²) >= 11 is 5.83. The molecule has 0 amide bonds. The molecule has 0 aliphatic heterocycles. The van der Waals surface area contributed by atoms with Crippen LogP contribution in [-0.4, -0.2) is 14.2 Å². The maximum absolute atomic E-state index is 14.1. The molecule has 2 aromatic carbocycles. The molecule has 1 unspecified atom stereocenters. The summed E-state index contributed by atoms with van der Waals surface area (Å²) in [7, 11) is 3.04. The third kappa shape index (κ3) is 3.71. The number of methoxy groups -OCH3 is 1. The maximum atomic E-state index is 14.1. The molecule has 0 spiro atoms. The van der Waals surface area contributed by atoms with Crippen molar-refractivity contribution in [2.75, 3.05) is 14.2 Å². The van der Waals surface area contributed by atoms with E-state index in [0.29, 0.717) is 11.4 Å². The third-order valence-electron chi connectivity index (χ3n) is 3.34. The van der Waals surface area contributed by atoms with Crippen molar-refractivity contribution in [2.24, 2.45) is 0 Å². The average Bonchev–Trinajstić information content (AvgIpc) is 2.47. The average molecular weight is 312 g/mol. The molecule has 5 heteroatoms. The zero-order chi connectivity index (χ0) is 15.4. The smallest absolute Gasteiger partial charge is 0.134 e. The van der Waals surface area contributed by atoms with Gasteiger partial charge in [0.1, 0.15) is 17.4 Å². The number of rotatable bonds is 5. The third-order valence-corrected chi connectivity index (χ3v) is 3.59. The Hall–Kier alpha value is -1.65. The number of likely N-dealkylation sites (N-methyl/N-ethyl adjacent to an activating group) is 1. The number of halogens is 3. The number of hydrogen-bond donors (Lipinski definition) is 1. The number of hydrogen-bond acceptors (Lipinski definition) is 2. The van der Waals surface area contributed by atoms with Crippen LogP contribution >= 0.6 is 11.6 Å². The molecule has 0 aliphatic carbocycles. The van der Waals surface area contributed by atoms with Gasteiger partial charge in [-0.2, -0.15) is 0 Å². The Morgan fingerprint density at radius 1 is 1.14 bits per heavy atom. The highest BCUT2D eigenvalue weighted by Gasteiger charge is 2.20. The first kappa shape index (κ1) is 15.7. The summed E-state index contributed by atoms with van der Waals surface area (Å²) in [5.74, 6) is -1.09. The molecule has 2 nitrogen and oxygen atoms in total. The van der Waals surface area contributed by atoms with Crippen molar-refractivity contribution in [2.45, 2.75) is 12.5 Å². The van der Waals surface area contributed by atoms with Crippen molar-refractivity contribution in [3.05, 3.63) is 64.2 Å². The van der Waals surface area contributed by atoms with Gasteiger partial charge in [0.05, 0.1) is 7.11 Å². The summed E-state index contributed by atoms with van der Waals surface area (Å²) in [5, 5.41) is 3.57. The first-order valence-corrected chi connectivity index (χ1v) is 6.87. The fraction of sp³-hybridized carbons (Fsp3) is 0.250. The molecule has 0 bridgehead atoms. The Morgan fingerprint density at radius 2 is 1.71 bits per heavy atom. The minimum Gasteiger partial charge on any atom is -0.497 e. The van der Waals surface area contributed by atoms with Gasteiger partial charge in [-0.1, -0.05) is 23.7 Å². The Labute approximate surface area is 127 Å². The predicted molar refractivity (Wildman–Crippen MR) is 79.9 cm³/mol. The molecule has 0 heterocycles. The molecule has 0 fully saturated rings. The fourth-order valence-electron chi connectivity index (χ4n) is 2.22. The lowest BCUT2D eigenvalue weighted by Crippen LogP contribution is -2.21. The molecule has 0 aliphatic rings. The van der Waals surface area contributed by atoms with E-state index in [-0.39, 0.29) is 11.3 Å². The van der Waals surface area contributed by atoms with Gasteiger partial charge in [0.25, 0.3) is 0 Å². The van der Waals surface area contributed by atoms with Crippen molar-refractivity contribution >= 4 is 11.6 Å². The minimum absolute atomic E-state index is 0.00764. The zero-order valence-electron chi connectivity index (χ0n) is 11.8. The molecule has 0 saturated heterocycles. The van der Waals surface area contributed by atoms with Crippen LogP contribution in [0.3, 0.4) is 0 Å². The van der Waals surface area contributed by atoms with Crippen LogP contribution in [0.15, 0.2) is 36.4 Å². The monoisotopic (exact) mass is 311 g/mol. The normalized spacial score (nSPS) is 12.2. The summed E-state index contributed by atoms with van der Waals surface area (Å²) in [6.45, 7) is 0. The highest BCUT2D eigenvalue weighted by Crippen LogP contribution is 2.28. The molecular weight excluding hydrogens is 296 g/mol. The molecule has 1 atom stereocenters. The van der Waals surface area contributed by atoms with Crippen LogP contribution in [0.5, 0.6) is 5.75 Å². The van der Waals surface area contributed by atoms with Crippen molar-refractivity contribution in [3.63, 3.8) is 0 Å². The van der Waals surface area contributed by atoms with Crippen LogP contribution in [-0.2, 0) is 6.42 Å². The molecule has 0 aromatic heterocycles. The summed E-state index contributed by atoms with van der Waals surface area (Å²) in [6, 6.07) is 9.08. The van der Waals surface area contributed by atoms with Gasteiger partial charge in [0.15, 0.2) is 0 Å². The van der Waals surface area contributed by atoms with Crippen LogP contribution in [0.2, 0.25) is 5.02 Å². The lowest BCUT2D eigenvalue weighted by atomic mass is 9.98. The maximum Gasteiger partial charge on any atom is 0.134 e. The van der Waals surface area contributed by atoms with Crippen LogP contribution in [0.1, 0.15) is 17.2 Å². The highest BCUT2D eigenvalue weighted by molar-refractivity contribution is 6.30. The Balaban J connectivity index is 2.31. The molecule has 1 N–H and O–H groups in total. The zero-order valence-corrected chi connectivity index (χ0v) is 12.5. The van der Waals surface area contributed by atoms with Gasteiger partial charge in [0, 0.05) is 28.8 Å². The lowest BCUT2D eigenvalue weighted by Gasteiger charge is -2.19. The van der Waals surface area contributed by atoms with Gasteiger partial charge >= 0.3 is 0 Å². The topological polar surface area (TPSA) is 21.3 Å². The van der Waals surface area contributed by atoms with Gasteiger partial charge in [-0.25, -0.2) is 8.78 Å². The SMILES string of the molecule is CNC(Cc1ccc(Cl)cc1)c1c(F)cc(OC)cc1F. The summed E-state index contributed by atoms with van der Waals surface area (Å²) in [4.78, 5) is 0. The van der Waals surface area contributed by atoms with Crippen LogP contribution in [0.25, 0.3) is 0 Å². The first-order chi connectivity index (χ1) is 10.0. The van der Waals surface area contributed by atoms with E-state index in [0.717, 1.165) is 5.56 Å². The molecule has 0 saturated carbocycles. The largest absolute Gasteiger partial charge is 0.497 e. The molecule has 2 rings (SSSR count). The van der Waals surface area contributed by atoms with Crippen molar-refractivity contribution in [3.8, 4) is 5.75 Å². The Bertz CT molecular complexity index is 593. The number of nitrogens with one attached hydrogen (secondary N) is 1. The first-order valence-electron chi connectivity index (χ1n) is 6.49. The van der Waals surface area contributed by atoms with Gasteiger partial charge in [-0.3, -0.25) is 0 Å².